The second kappa shape index (κ2) is 7.38. The average molecular weight is 351 g/mol. The van der Waals surface area contributed by atoms with Crippen molar-refractivity contribution in [2.75, 3.05) is 20.2 Å². The molecule has 1 aliphatic heterocycles. The van der Waals surface area contributed by atoms with E-state index in [1.54, 1.807) is 7.11 Å². The first kappa shape index (κ1) is 16.9. The lowest BCUT2D eigenvalue weighted by atomic mass is 10.1. The number of hydrogen-bond acceptors (Lipinski definition) is 4. The molecular formula is C21H25N3O2. The summed E-state index contributed by atoms with van der Waals surface area (Å²) >= 11 is 0. The molecule has 0 aliphatic carbocycles. The van der Waals surface area contributed by atoms with Crippen LogP contribution in [0.5, 0.6) is 11.5 Å². The van der Waals surface area contributed by atoms with E-state index in [9.17, 15) is 0 Å². The molecule has 0 radical (unpaired) electrons. The molecule has 26 heavy (non-hydrogen) atoms. The number of benzene rings is 1. The first-order valence-electron chi connectivity index (χ1n) is 9.19. The zero-order valence-corrected chi connectivity index (χ0v) is 15.4. The van der Waals surface area contributed by atoms with Gasteiger partial charge in [-0.1, -0.05) is 18.2 Å². The van der Waals surface area contributed by atoms with Crippen LogP contribution >= 0.6 is 0 Å². The van der Waals surface area contributed by atoms with E-state index >= 15 is 0 Å². The topological polar surface area (TPSA) is 39.0 Å². The Bertz CT molecular complexity index is 882. The summed E-state index contributed by atoms with van der Waals surface area (Å²) in [4.78, 5) is 7.24. The number of piperidine rings is 1. The summed E-state index contributed by atoms with van der Waals surface area (Å²) in [6.45, 7) is 4.99. The van der Waals surface area contributed by atoms with Crippen LogP contribution < -0.4 is 9.47 Å². The molecule has 2 aromatic heterocycles. The molecule has 1 saturated heterocycles. The minimum absolute atomic E-state index is 0.239. The van der Waals surface area contributed by atoms with Crippen molar-refractivity contribution < 1.29 is 9.47 Å². The normalized spacial score (nSPS) is 16.1. The van der Waals surface area contributed by atoms with E-state index in [-0.39, 0.29) is 6.10 Å². The highest BCUT2D eigenvalue weighted by atomic mass is 16.5. The fourth-order valence-corrected chi connectivity index (χ4v) is 3.68. The molecule has 136 valence electrons. The lowest BCUT2D eigenvalue weighted by Gasteiger charge is -2.32. The fraction of sp³-hybridized carbons (Fsp3) is 0.381. The zero-order valence-electron chi connectivity index (χ0n) is 15.4. The molecule has 1 fully saturated rings. The van der Waals surface area contributed by atoms with E-state index in [1.165, 1.54) is 5.52 Å². The van der Waals surface area contributed by atoms with E-state index in [2.05, 4.69) is 34.6 Å². The number of aryl methyl sites for hydroxylation is 1. The Labute approximate surface area is 154 Å². The van der Waals surface area contributed by atoms with Crippen LogP contribution in [0, 0.1) is 6.92 Å². The van der Waals surface area contributed by atoms with Crippen LogP contribution in [0.2, 0.25) is 0 Å². The molecule has 0 unspecified atom stereocenters. The summed E-state index contributed by atoms with van der Waals surface area (Å²) in [5.41, 5.74) is 2.37. The minimum Gasteiger partial charge on any atom is -0.493 e. The third kappa shape index (κ3) is 3.40. The quantitative estimate of drug-likeness (QED) is 0.703. The number of ether oxygens (including phenoxy) is 2. The highest BCUT2D eigenvalue weighted by Crippen LogP contribution is 2.29. The van der Waals surface area contributed by atoms with Crippen molar-refractivity contribution in [2.45, 2.75) is 32.4 Å². The third-order valence-corrected chi connectivity index (χ3v) is 5.07. The van der Waals surface area contributed by atoms with Gasteiger partial charge >= 0.3 is 0 Å². The maximum atomic E-state index is 6.18. The monoisotopic (exact) mass is 351 g/mol. The Kier molecular flexibility index (Phi) is 4.80. The lowest BCUT2D eigenvalue weighted by molar-refractivity contribution is 0.0939. The lowest BCUT2D eigenvalue weighted by Crippen LogP contribution is -2.38. The highest BCUT2D eigenvalue weighted by molar-refractivity contribution is 5.53. The molecule has 0 N–H and O–H groups in total. The summed E-state index contributed by atoms with van der Waals surface area (Å²) in [7, 11) is 1.68. The van der Waals surface area contributed by atoms with Crippen LogP contribution in [0.1, 0.15) is 24.4 Å². The predicted octanol–water partition coefficient (Wildman–Crippen LogP) is 3.69. The summed E-state index contributed by atoms with van der Waals surface area (Å²) in [6.07, 6.45) is 4.35. The molecule has 0 saturated carbocycles. The molecule has 4 rings (SSSR count). The van der Waals surface area contributed by atoms with Gasteiger partial charge in [0.1, 0.15) is 11.9 Å². The molecule has 3 aromatic rings. The van der Waals surface area contributed by atoms with Crippen LogP contribution in [0.3, 0.4) is 0 Å². The summed E-state index contributed by atoms with van der Waals surface area (Å²) in [6, 6.07) is 14.1. The number of imidazole rings is 1. The second-order valence-electron chi connectivity index (χ2n) is 6.81. The fourth-order valence-electron chi connectivity index (χ4n) is 3.68. The van der Waals surface area contributed by atoms with Crippen LogP contribution in [0.15, 0.2) is 48.7 Å². The van der Waals surface area contributed by atoms with Gasteiger partial charge in [0, 0.05) is 25.8 Å². The maximum absolute atomic E-state index is 6.18. The standard InChI is InChI=1S/C21H25N3O2/c1-16-22-18(19-7-5-6-12-24(16)19)15-23-13-10-17(11-14-23)26-21-9-4-3-8-20(21)25-2/h3-9,12,17H,10-11,13-15H2,1-2H3. The van der Waals surface area contributed by atoms with Gasteiger partial charge in [0.05, 0.1) is 18.3 Å². The van der Waals surface area contributed by atoms with Crippen molar-refractivity contribution in [2.24, 2.45) is 0 Å². The van der Waals surface area contributed by atoms with E-state index in [1.807, 2.05) is 30.3 Å². The number of rotatable bonds is 5. The van der Waals surface area contributed by atoms with Gasteiger partial charge in [-0.25, -0.2) is 4.98 Å². The summed E-state index contributed by atoms with van der Waals surface area (Å²) in [5.74, 6) is 2.68. The van der Waals surface area contributed by atoms with Gasteiger partial charge in [-0.3, -0.25) is 4.90 Å². The second-order valence-corrected chi connectivity index (χ2v) is 6.81. The van der Waals surface area contributed by atoms with Crippen molar-refractivity contribution in [1.82, 2.24) is 14.3 Å². The number of hydrogen-bond donors (Lipinski definition) is 0. The van der Waals surface area contributed by atoms with Crippen molar-refractivity contribution in [3.8, 4) is 11.5 Å². The number of fused-ring (bicyclic) bond motifs is 1. The average Bonchev–Trinajstić information content (AvgIpc) is 3.00. The Morgan fingerprint density at radius 2 is 1.77 bits per heavy atom. The van der Waals surface area contributed by atoms with Gasteiger partial charge in [0.15, 0.2) is 11.5 Å². The molecule has 0 spiro atoms. The number of likely N-dealkylation sites (tertiary alicyclic amines) is 1. The van der Waals surface area contributed by atoms with Gasteiger partial charge in [-0.15, -0.1) is 0 Å². The van der Waals surface area contributed by atoms with Crippen LogP contribution in [-0.2, 0) is 6.54 Å². The SMILES string of the molecule is COc1ccccc1OC1CCN(Cc2nc(C)n3ccccc23)CC1. The van der Waals surface area contributed by atoms with Crippen LogP contribution in [-0.4, -0.2) is 40.6 Å². The molecule has 5 heteroatoms. The van der Waals surface area contributed by atoms with Gasteiger partial charge < -0.3 is 13.9 Å². The number of methoxy groups -OCH3 is 1. The Morgan fingerprint density at radius 1 is 1.04 bits per heavy atom. The molecule has 0 atom stereocenters. The number of aromatic nitrogens is 2. The van der Waals surface area contributed by atoms with E-state index in [4.69, 9.17) is 14.5 Å². The van der Waals surface area contributed by atoms with E-state index < -0.39 is 0 Å². The molecule has 5 nitrogen and oxygen atoms in total. The molecule has 0 amide bonds. The number of pyridine rings is 1. The maximum Gasteiger partial charge on any atom is 0.161 e. The molecule has 3 heterocycles. The Balaban J connectivity index is 1.38. The summed E-state index contributed by atoms with van der Waals surface area (Å²) in [5, 5.41) is 0. The van der Waals surface area contributed by atoms with E-state index in [0.717, 1.165) is 55.5 Å². The number of para-hydroxylation sites is 2. The molecule has 1 aliphatic rings. The van der Waals surface area contributed by atoms with Gasteiger partial charge in [0.25, 0.3) is 0 Å². The molecule has 1 aromatic carbocycles. The van der Waals surface area contributed by atoms with Gasteiger partial charge in [0.2, 0.25) is 0 Å². The van der Waals surface area contributed by atoms with E-state index in [0.29, 0.717) is 0 Å². The van der Waals surface area contributed by atoms with Gasteiger partial charge in [-0.05, 0) is 44.0 Å². The van der Waals surface area contributed by atoms with Crippen molar-refractivity contribution in [3.05, 3.63) is 60.2 Å². The first-order chi connectivity index (χ1) is 12.7. The van der Waals surface area contributed by atoms with Crippen molar-refractivity contribution >= 4 is 5.52 Å². The largest absolute Gasteiger partial charge is 0.493 e. The van der Waals surface area contributed by atoms with Crippen molar-refractivity contribution in [3.63, 3.8) is 0 Å². The Hall–Kier alpha value is -2.53. The Morgan fingerprint density at radius 3 is 2.54 bits per heavy atom. The summed E-state index contributed by atoms with van der Waals surface area (Å²) < 4.78 is 13.7. The highest BCUT2D eigenvalue weighted by Gasteiger charge is 2.23. The predicted molar refractivity (Wildman–Crippen MR) is 102 cm³/mol. The van der Waals surface area contributed by atoms with Crippen LogP contribution in [0.4, 0.5) is 0 Å². The third-order valence-electron chi connectivity index (χ3n) is 5.07. The van der Waals surface area contributed by atoms with Crippen molar-refractivity contribution in [1.29, 1.82) is 0 Å². The zero-order chi connectivity index (χ0) is 17.9. The number of nitrogens with zero attached hydrogens (tertiary/aromatic N) is 3. The molecular weight excluding hydrogens is 326 g/mol. The molecule has 0 bridgehead atoms. The minimum atomic E-state index is 0.239. The smallest absolute Gasteiger partial charge is 0.161 e. The van der Waals surface area contributed by atoms with Crippen LogP contribution in [0.25, 0.3) is 5.52 Å². The first-order valence-corrected chi connectivity index (χ1v) is 9.19. The van der Waals surface area contributed by atoms with Gasteiger partial charge in [-0.2, -0.15) is 0 Å².